The Morgan fingerprint density at radius 1 is 1.12 bits per heavy atom. The maximum atomic E-state index is 13.5. The van der Waals surface area contributed by atoms with E-state index < -0.39 is 10.2 Å². The number of piperidine rings is 1. The molecule has 0 amide bonds. The Kier molecular flexibility index (Phi) is 5.09. The zero-order valence-electron chi connectivity index (χ0n) is 18.9. The first-order valence-electron chi connectivity index (χ1n) is 11.3. The SMILES string of the molecule is CC1(C)C2=C(C(=O)c3ccc(CC4CCN(S(N)(=O)=O)CC4)cc31)c1ccc(C#N)cc1C2. The minimum atomic E-state index is -3.62. The highest BCUT2D eigenvalue weighted by Gasteiger charge is 2.42. The molecule has 0 spiro atoms. The molecule has 2 aromatic carbocycles. The van der Waals surface area contributed by atoms with Gasteiger partial charge in [0.1, 0.15) is 0 Å². The van der Waals surface area contributed by atoms with Crippen molar-refractivity contribution in [3.8, 4) is 6.07 Å². The van der Waals surface area contributed by atoms with Gasteiger partial charge in [-0.15, -0.1) is 0 Å². The Hall–Kier alpha value is -2.79. The van der Waals surface area contributed by atoms with E-state index in [0.717, 1.165) is 52.7 Å². The van der Waals surface area contributed by atoms with Crippen LogP contribution < -0.4 is 5.14 Å². The van der Waals surface area contributed by atoms with E-state index in [1.165, 1.54) is 9.87 Å². The second kappa shape index (κ2) is 7.63. The first-order valence-corrected chi connectivity index (χ1v) is 12.8. The van der Waals surface area contributed by atoms with Crippen molar-refractivity contribution in [2.24, 2.45) is 11.1 Å². The number of Topliss-reactive ketones (excluding diaryl/α,β-unsaturated/α-hetero) is 1. The number of carbonyl (C=O) groups is 1. The summed E-state index contributed by atoms with van der Waals surface area (Å²) in [5, 5.41) is 14.5. The summed E-state index contributed by atoms with van der Waals surface area (Å²) in [4.78, 5) is 13.5. The topological polar surface area (TPSA) is 104 Å². The number of hydrogen-bond acceptors (Lipinski definition) is 4. The number of ketones is 1. The minimum absolute atomic E-state index is 0.0655. The summed E-state index contributed by atoms with van der Waals surface area (Å²) in [7, 11) is -3.62. The predicted octanol–water partition coefficient (Wildman–Crippen LogP) is 3.50. The van der Waals surface area contributed by atoms with E-state index in [1.807, 2.05) is 24.3 Å². The maximum absolute atomic E-state index is 13.5. The van der Waals surface area contributed by atoms with E-state index in [4.69, 9.17) is 5.14 Å². The molecule has 0 bridgehead atoms. The van der Waals surface area contributed by atoms with Crippen LogP contribution in [0.15, 0.2) is 42.0 Å². The molecule has 170 valence electrons. The quantitative estimate of drug-likeness (QED) is 0.755. The summed E-state index contributed by atoms with van der Waals surface area (Å²) < 4.78 is 24.5. The molecule has 0 radical (unpaired) electrons. The van der Waals surface area contributed by atoms with Gasteiger partial charge in [-0.25, -0.2) is 5.14 Å². The van der Waals surface area contributed by atoms with Gasteiger partial charge in [0.15, 0.2) is 5.78 Å². The number of rotatable bonds is 3. The Morgan fingerprint density at radius 3 is 2.48 bits per heavy atom. The van der Waals surface area contributed by atoms with Crippen molar-refractivity contribution >= 4 is 21.6 Å². The number of hydrogen-bond donors (Lipinski definition) is 1. The van der Waals surface area contributed by atoms with Crippen LogP contribution in [0.2, 0.25) is 0 Å². The highest BCUT2D eigenvalue weighted by atomic mass is 32.2. The molecule has 0 atom stereocenters. The van der Waals surface area contributed by atoms with Crippen molar-refractivity contribution in [3.05, 3.63) is 75.4 Å². The van der Waals surface area contributed by atoms with Crippen LogP contribution in [0.1, 0.15) is 64.9 Å². The van der Waals surface area contributed by atoms with E-state index in [2.05, 4.69) is 26.0 Å². The second-order valence-electron chi connectivity index (χ2n) is 9.94. The third-order valence-corrected chi connectivity index (χ3v) is 8.70. The summed E-state index contributed by atoms with van der Waals surface area (Å²) >= 11 is 0. The van der Waals surface area contributed by atoms with Crippen LogP contribution in [0.4, 0.5) is 0 Å². The van der Waals surface area contributed by atoms with Crippen LogP contribution in [0.3, 0.4) is 0 Å². The molecule has 6 nitrogen and oxygen atoms in total. The predicted molar refractivity (Wildman–Crippen MR) is 127 cm³/mol. The molecule has 33 heavy (non-hydrogen) atoms. The number of nitrogens with two attached hydrogens (primary N) is 1. The van der Waals surface area contributed by atoms with E-state index >= 15 is 0 Å². The zero-order chi connectivity index (χ0) is 23.5. The fourth-order valence-corrected chi connectivity index (χ4v) is 6.44. The highest BCUT2D eigenvalue weighted by molar-refractivity contribution is 7.86. The van der Waals surface area contributed by atoms with E-state index in [-0.39, 0.29) is 11.2 Å². The van der Waals surface area contributed by atoms with Crippen molar-refractivity contribution < 1.29 is 13.2 Å². The van der Waals surface area contributed by atoms with Gasteiger partial charge in [-0.2, -0.15) is 18.0 Å². The standard InChI is InChI=1S/C26H27N3O3S/c1-26(2)22-13-17(11-16-7-9-29(10-8-16)33(28,31)32)3-6-21(22)25(30)24-20-5-4-18(15-27)12-19(20)14-23(24)26/h3-6,12-13,16H,7-11,14H2,1-2H3,(H2,28,31,32). The Labute approximate surface area is 194 Å². The Balaban J connectivity index is 1.43. The monoisotopic (exact) mass is 461 g/mol. The summed E-state index contributed by atoms with van der Waals surface area (Å²) in [6.07, 6.45) is 3.10. The van der Waals surface area contributed by atoms with E-state index in [9.17, 15) is 18.5 Å². The van der Waals surface area contributed by atoms with Gasteiger partial charge in [-0.05, 0) is 71.6 Å². The summed E-state index contributed by atoms with van der Waals surface area (Å²) in [6, 6.07) is 14.0. The first kappa shape index (κ1) is 22.0. The minimum Gasteiger partial charge on any atom is -0.289 e. The van der Waals surface area contributed by atoms with Gasteiger partial charge < -0.3 is 0 Å². The molecule has 1 heterocycles. The largest absolute Gasteiger partial charge is 0.289 e. The van der Waals surface area contributed by atoms with Crippen LogP contribution in [-0.2, 0) is 28.5 Å². The number of benzene rings is 2. The van der Waals surface area contributed by atoms with Gasteiger partial charge in [-0.1, -0.05) is 38.1 Å². The van der Waals surface area contributed by atoms with Gasteiger partial charge in [0.2, 0.25) is 0 Å². The number of nitriles is 1. The molecular formula is C26H27N3O3S. The third kappa shape index (κ3) is 3.63. The lowest BCUT2D eigenvalue weighted by atomic mass is 9.68. The van der Waals surface area contributed by atoms with E-state index in [0.29, 0.717) is 31.0 Å². The number of fused-ring (bicyclic) bond motifs is 3. The van der Waals surface area contributed by atoms with Crippen molar-refractivity contribution in [1.82, 2.24) is 4.31 Å². The summed E-state index contributed by atoms with van der Waals surface area (Å²) in [5.74, 6) is 0.453. The summed E-state index contributed by atoms with van der Waals surface area (Å²) in [6.45, 7) is 5.27. The zero-order valence-corrected chi connectivity index (χ0v) is 19.7. The van der Waals surface area contributed by atoms with Crippen LogP contribution in [0, 0.1) is 17.2 Å². The Morgan fingerprint density at radius 2 is 1.82 bits per heavy atom. The van der Waals surface area contributed by atoms with Crippen LogP contribution in [0.25, 0.3) is 5.57 Å². The molecular weight excluding hydrogens is 434 g/mol. The van der Waals surface area contributed by atoms with Gasteiger partial charge >= 0.3 is 0 Å². The van der Waals surface area contributed by atoms with E-state index in [1.54, 1.807) is 6.07 Å². The molecule has 1 aliphatic heterocycles. The molecule has 3 aliphatic rings. The molecule has 1 saturated heterocycles. The number of carbonyl (C=O) groups excluding carboxylic acids is 1. The highest BCUT2D eigenvalue weighted by Crippen LogP contribution is 2.50. The van der Waals surface area contributed by atoms with Crippen LogP contribution >= 0.6 is 0 Å². The normalized spacial score (nSPS) is 20.2. The van der Waals surface area contributed by atoms with Crippen molar-refractivity contribution in [2.75, 3.05) is 13.1 Å². The Bertz CT molecular complexity index is 1360. The fourth-order valence-electron chi connectivity index (χ4n) is 5.72. The molecule has 2 aromatic rings. The lowest BCUT2D eigenvalue weighted by Gasteiger charge is -2.35. The number of nitrogens with zero attached hydrogens (tertiary/aromatic N) is 2. The second-order valence-corrected chi connectivity index (χ2v) is 11.5. The molecule has 2 aliphatic carbocycles. The fraction of sp³-hybridized carbons (Fsp3) is 0.385. The maximum Gasteiger partial charge on any atom is 0.276 e. The van der Waals surface area contributed by atoms with Crippen molar-refractivity contribution in [2.45, 2.75) is 44.9 Å². The first-order chi connectivity index (χ1) is 15.6. The average molecular weight is 462 g/mol. The lowest BCUT2D eigenvalue weighted by Crippen LogP contribution is -2.42. The van der Waals surface area contributed by atoms with Crippen LogP contribution in [-0.4, -0.2) is 31.6 Å². The lowest BCUT2D eigenvalue weighted by molar-refractivity contribution is 0.105. The molecule has 1 fully saturated rings. The van der Waals surface area contributed by atoms with Crippen LogP contribution in [0.5, 0.6) is 0 Å². The van der Waals surface area contributed by atoms with Gasteiger partial charge in [0, 0.05) is 29.6 Å². The smallest absolute Gasteiger partial charge is 0.276 e. The van der Waals surface area contributed by atoms with Gasteiger partial charge in [0.05, 0.1) is 11.6 Å². The molecule has 7 heteroatoms. The van der Waals surface area contributed by atoms with Crippen molar-refractivity contribution in [3.63, 3.8) is 0 Å². The average Bonchev–Trinajstić information content (AvgIpc) is 3.17. The van der Waals surface area contributed by atoms with Gasteiger partial charge in [-0.3, -0.25) is 4.79 Å². The molecule has 0 aromatic heterocycles. The molecule has 0 unspecified atom stereocenters. The molecule has 0 saturated carbocycles. The summed E-state index contributed by atoms with van der Waals surface area (Å²) in [5.41, 5.74) is 7.24. The number of allylic oxidation sites excluding steroid dienone is 2. The van der Waals surface area contributed by atoms with Crippen molar-refractivity contribution in [1.29, 1.82) is 5.26 Å². The molecule has 5 rings (SSSR count). The van der Waals surface area contributed by atoms with Gasteiger partial charge in [0.25, 0.3) is 10.2 Å². The molecule has 2 N–H and O–H groups in total. The third-order valence-electron chi connectivity index (χ3n) is 7.61.